The normalized spacial score (nSPS) is 39.3. The van der Waals surface area contributed by atoms with Crippen LogP contribution in [0.2, 0.25) is 0 Å². The van der Waals surface area contributed by atoms with Crippen molar-refractivity contribution in [2.75, 3.05) is 0 Å². The summed E-state index contributed by atoms with van der Waals surface area (Å²) in [6.07, 6.45) is 0. The van der Waals surface area contributed by atoms with E-state index in [1.54, 1.807) is 0 Å². The molecule has 0 amide bonds. The molecule has 0 saturated heterocycles. The second-order valence-electron chi connectivity index (χ2n) is 11.6. The molecule has 0 nitrogen and oxygen atoms in total. The van der Waals surface area contributed by atoms with E-state index < -0.39 is 0 Å². The van der Waals surface area contributed by atoms with Gasteiger partial charge in [-0.25, -0.2) is 0 Å². The van der Waals surface area contributed by atoms with Crippen molar-refractivity contribution in [3.05, 3.63) is 49.7 Å². The Morgan fingerprint density at radius 1 is 0.500 bits per heavy atom. The number of hydrogen-bond acceptors (Lipinski definition) is 0. The van der Waals surface area contributed by atoms with Crippen molar-refractivity contribution in [3.63, 3.8) is 0 Å². The molecule has 0 spiro atoms. The van der Waals surface area contributed by atoms with Gasteiger partial charge in [-0.1, -0.05) is 112 Å². The SMILES string of the molecule is CC1C(C)C(C)C(C)C1C.CC1C(C)C(C)C(C)C1C.[CH2-]C([CH2-])C(C)c1ccccc1.[Ti+4]. The van der Waals surface area contributed by atoms with E-state index in [0.717, 1.165) is 59.2 Å². The predicted molar refractivity (Wildman–Crippen MR) is 141 cm³/mol. The molecule has 1 aromatic rings. The number of hydrogen-bond donors (Lipinski definition) is 0. The van der Waals surface area contributed by atoms with Crippen LogP contribution in [-0.2, 0) is 21.7 Å². The predicted octanol–water partition coefficient (Wildman–Crippen LogP) is 9.43. The molecule has 0 radical (unpaired) electrons. The van der Waals surface area contributed by atoms with Crippen molar-refractivity contribution in [1.29, 1.82) is 0 Å². The van der Waals surface area contributed by atoms with Crippen molar-refractivity contribution in [2.45, 2.75) is 82.1 Å². The summed E-state index contributed by atoms with van der Waals surface area (Å²) in [5, 5.41) is 0. The molecule has 2 aliphatic rings. The Bertz CT molecular complexity index is 488. The molecular weight excluding hydrogens is 420 g/mol. The summed E-state index contributed by atoms with van der Waals surface area (Å²) in [5.74, 6) is 10.0. The van der Waals surface area contributed by atoms with Crippen molar-refractivity contribution >= 4 is 0 Å². The third-order valence-corrected chi connectivity index (χ3v) is 10.3. The standard InChI is InChI=1S/C11H14.2C10H20.Ti/c1-9(2)10(3)11-7-5-4-6-8-11;2*1-6-7(2)9(4)10(5)8(6)3;/h4-10H,1-2H2,3H3;2*6-10H,1-5H3;/q-2;;;+4. The van der Waals surface area contributed by atoms with Crippen molar-refractivity contribution in [2.24, 2.45) is 65.1 Å². The van der Waals surface area contributed by atoms with Gasteiger partial charge in [0.05, 0.1) is 0 Å². The fourth-order valence-corrected chi connectivity index (χ4v) is 5.82. The molecule has 1 aromatic carbocycles. The van der Waals surface area contributed by atoms with Gasteiger partial charge >= 0.3 is 21.7 Å². The Kier molecular flexibility index (Phi) is 14.3. The number of benzene rings is 1. The van der Waals surface area contributed by atoms with E-state index in [9.17, 15) is 0 Å². The van der Waals surface area contributed by atoms with E-state index in [4.69, 9.17) is 0 Å². The van der Waals surface area contributed by atoms with E-state index in [1.807, 2.05) is 18.2 Å². The second kappa shape index (κ2) is 14.4. The molecule has 1 heteroatoms. The summed E-state index contributed by atoms with van der Waals surface area (Å²) in [4.78, 5) is 0. The van der Waals surface area contributed by atoms with Crippen LogP contribution in [0.1, 0.15) is 87.6 Å². The van der Waals surface area contributed by atoms with E-state index in [0.29, 0.717) is 5.92 Å². The average Bonchev–Trinajstić information content (AvgIpc) is 3.04. The maximum Gasteiger partial charge on any atom is 4.00 e. The van der Waals surface area contributed by atoms with Gasteiger partial charge in [0.25, 0.3) is 0 Å². The van der Waals surface area contributed by atoms with Crippen molar-refractivity contribution in [3.8, 4) is 0 Å². The molecule has 2 aliphatic carbocycles. The molecular formula is C31H54Ti+2. The first-order valence-corrected chi connectivity index (χ1v) is 13.0. The van der Waals surface area contributed by atoms with Gasteiger partial charge in [-0.3, -0.25) is 5.92 Å². The van der Waals surface area contributed by atoms with Crippen LogP contribution in [0.3, 0.4) is 0 Å². The maximum atomic E-state index is 3.90. The maximum absolute atomic E-state index is 3.90. The molecule has 0 bridgehead atoms. The minimum absolute atomic E-state index is 0. The zero-order chi connectivity index (χ0) is 24.0. The van der Waals surface area contributed by atoms with Crippen molar-refractivity contribution < 1.29 is 21.7 Å². The third-order valence-electron chi connectivity index (χ3n) is 10.3. The molecule has 1 unspecified atom stereocenters. The summed E-state index contributed by atoms with van der Waals surface area (Å²) < 4.78 is 0. The second-order valence-corrected chi connectivity index (χ2v) is 11.6. The van der Waals surface area contributed by atoms with Gasteiger partial charge in [-0.05, 0) is 64.7 Å². The Morgan fingerprint density at radius 2 is 0.719 bits per heavy atom. The van der Waals surface area contributed by atoms with E-state index in [-0.39, 0.29) is 27.6 Å². The molecule has 32 heavy (non-hydrogen) atoms. The molecule has 0 heterocycles. The van der Waals surface area contributed by atoms with Crippen LogP contribution in [0.4, 0.5) is 0 Å². The van der Waals surface area contributed by atoms with Crippen LogP contribution < -0.4 is 0 Å². The Morgan fingerprint density at radius 3 is 0.906 bits per heavy atom. The minimum atomic E-state index is 0. The summed E-state index contributed by atoms with van der Waals surface area (Å²) >= 11 is 0. The summed E-state index contributed by atoms with van der Waals surface area (Å²) in [6, 6.07) is 10.4. The first kappa shape index (κ1) is 31.9. The van der Waals surface area contributed by atoms with Gasteiger partial charge in [-0.15, -0.1) is 0 Å². The third kappa shape index (κ3) is 8.01. The van der Waals surface area contributed by atoms with E-state index in [1.165, 1.54) is 5.56 Å². The molecule has 0 aromatic heterocycles. The topological polar surface area (TPSA) is 0 Å². The Balaban J connectivity index is 0.000000444. The van der Waals surface area contributed by atoms with Crippen LogP contribution in [0.15, 0.2) is 30.3 Å². The van der Waals surface area contributed by atoms with Crippen molar-refractivity contribution in [1.82, 2.24) is 0 Å². The minimum Gasteiger partial charge on any atom is -0.369 e. The van der Waals surface area contributed by atoms with Gasteiger partial charge in [0, 0.05) is 0 Å². The largest absolute Gasteiger partial charge is 4.00 e. The smallest absolute Gasteiger partial charge is 0.369 e. The van der Waals surface area contributed by atoms with Gasteiger partial charge in [0.1, 0.15) is 0 Å². The summed E-state index contributed by atoms with van der Waals surface area (Å²) in [5.41, 5.74) is 1.32. The first-order chi connectivity index (χ1) is 14.3. The fraction of sp³-hybridized carbons (Fsp3) is 0.742. The zero-order valence-corrected chi connectivity index (χ0v) is 24.8. The first-order valence-electron chi connectivity index (χ1n) is 13.0. The molecule has 0 aliphatic heterocycles. The van der Waals surface area contributed by atoms with Gasteiger partial charge in [0.2, 0.25) is 0 Å². The van der Waals surface area contributed by atoms with E-state index in [2.05, 4.69) is 102 Å². The summed E-state index contributed by atoms with van der Waals surface area (Å²) in [6.45, 7) is 33.9. The quantitative estimate of drug-likeness (QED) is 0.296. The molecule has 2 saturated carbocycles. The van der Waals surface area contributed by atoms with Gasteiger partial charge in [0.15, 0.2) is 0 Å². The van der Waals surface area contributed by atoms with Crippen LogP contribution in [0, 0.1) is 78.9 Å². The Labute approximate surface area is 218 Å². The van der Waals surface area contributed by atoms with Crippen LogP contribution >= 0.6 is 0 Å². The van der Waals surface area contributed by atoms with E-state index >= 15 is 0 Å². The zero-order valence-electron chi connectivity index (χ0n) is 23.2. The fourth-order valence-electron chi connectivity index (χ4n) is 5.82. The molecule has 180 valence electrons. The molecule has 3 rings (SSSR count). The monoisotopic (exact) mass is 474 g/mol. The van der Waals surface area contributed by atoms with Crippen LogP contribution in [0.5, 0.6) is 0 Å². The Hall–Kier alpha value is -0.0657. The molecule has 0 N–H and O–H groups in total. The summed E-state index contributed by atoms with van der Waals surface area (Å²) in [7, 11) is 0. The molecule has 1 atom stereocenters. The number of rotatable bonds is 2. The average molecular weight is 475 g/mol. The van der Waals surface area contributed by atoms with Gasteiger partial charge in [-0.2, -0.15) is 0 Å². The van der Waals surface area contributed by atoms with Gasteiger partial charge < -0.3 is 13.8 Å². The van der Waals surface area contributed by atoms with Crippen LogP contribution in [-0.4, -0.2) is 0 Å². The van der Waals surface area contributed by atoms with Crippen LogP contribution in [0.25, 0.3) is 0 Å². The molecule has 2 fully saturated rings.